The molecule has 0 spiro atoms. The Kier molecular flexibility index (Phi) is 6.11. The van der Waals surface area contributed by atoms with Crippen LogP contribution in [0, 0.1) is 5.92 Å². The van der Waals surface area contributed by atoms with Crippen LogP contribution in [0.5, 0.6) is 5.75 Å². The number of benzene rings is 1. The van der Waals surface area contributed by atoms with Crippen LogP contribution < -0.4 is 10.1 Å². The van der Waals surface area contributed by atoms with E-state index in [0.717, 1.165) is 0 Å². The zero-order valence-electron chi connectivity index (χ0n) is 14.1. The molecule has 0 bridgehead atoms. The minimum absolute atomic E-state index is 0.00506. The van der Waals surface area contributed by atoms with Gasteiger partial charge in [0.1, 0.15) is 5.75 Å². The Hall–Kier alpha value is -1.31. The van der Waals surface area contributed by atoms with E-state index in [1.165, 1.54) is 29.6 Å². The predicted molar refractivity (Wildman–Crippen MR) is 92.8 cm³/mol. The third kappa shape index (κ3) is 4.20. The van der Waals surface area contributed by atoms with Gasteiger partial charge in [-0.15, -0.1) is 0 Å². The number of carbonyl (C=O) groups excluding carboxylic acids is 1. The summed E-state index contributed by atoms with van der Waals surface area (Å²) in [5.74, 6) is 0.285. The van der Waals surface area contributed by atoms with Gasteiger partial charge in [0.25, 0.3) is 0 Å². The summed E-state index contributed by atoms with van der Waals surface area (Å²) in [5.41, 5.74) is 0. The molecule has 0 aromatic heterocycles. The predicted octanol–water partition coefficient (Wildman–Crippen LogP) is 2.27. The van der Waals surface area contributed by atoms with Crippen molar-refractivity contribution in [3.8, 4) is 5.75 Å². The Labute approximate surface area is 148 Å². The molecule has 2 rings (SSSR count). The average molecular weight is 375 g/mol. The standard InChI is InChI=1S/C16H23ClN2O4S/c1-11(2)18-16(20)12-6-8-19(9-7-12)24(21,22)13-4-5-15(23-3)14(17)10-13/h4-5,10-12H,6-9H2,1-3H3,(H,18,20). The van der Waals surface area contributed by atoms with Crippen LogP contribution in [0.4, 0.5) is 0 Å². The van der Waals surface area contributed by atoms with E-state index < -0.39 is 10.0 Å². The van der Waals surface area contributed by atoms with Gasteiger partial charge in [0.05, 0.1) is 17.0 Å². The monoisotopic (exact) mass is 374 g/mol. The molecule has 1 aliphatic rings. The minimum atomic E-state index is -3.62. The molecule has 1 fully saturated rings. The summed E-state index contributed by atoms with van der Waals surface area (Å²) in [5, 5.41) is 3.13. The molecule has 134 valence electrons. The van der Waals surface area contributed by atoms with Gasteiger partial charge in [-0.2, -0.15) is 4.31 Å². The lowest BCUT2D eigenvalue weighted by Crippen LogP contribution is -2.44. The fourth-order valence-corrected chi connectivity index (χ4v) is 4.54. The molecule has 1 aromatic rings. The van der Waals surface area contributed by atoms with Gasteiger partial charge in [-0.05, 0) is 44.9 Å². The van der Waals surface area contributed by atoms with Crippen LogP contribution in [0.1, 0.15) is 26.7 Å². The van der Waals surface area contributed by atoms with E-state index in [4.69, 9.17) is 16.3 Å². The normalized spacial score (nSPS) is 17.0. The highest BCUT2D eigenvalue weighted by atomic mass is 35.5. The van der Waals surface area contributed by atoms with Gasteiger partial charge in [0.2, 0.25) is 15.9 Å². The molecule has 1 saturated heterocycles. The van der Waals surface area contributed by atoms with Crippen LogP contribution >= 0.6 is 11.6 Å². The molecule has 1 aromatic carbocycles. The molecule has 0 saturated carbocycles. The van der Waals surface area contributed by atoms with Gasteiger partial charge in [0, 0.05) is 25.0 Å². The van der Waals surface area contributed by atoms with Crippen molar-refractivity contribution in [2.75, 3.05) is 20.2 Å². The van der Waals surface area contributed by atoms with Gasteiger partial charge in [-0.3, -0.25) is 4.79 Å². The van der Waals surface area contributed by atoms with Crippen LogP contribution in [-0.2, 0) is 14.8 Å². The summed E-state index contributed by atoms with van der Waals surface area (Å²) >= 11 is 6.03. The van der Waals surface area contributed by atoms with Gasteiger partial charge < -0.3 is 10.1 Å². The molecular formula is C16H23ClN2O4S. The molecule has 6 nitrogen and oxygen atoms in total. The molecule has 0 radical (unpaired) electrons. The first-order valence-electron chi connectivity index (χ1n) is 7.89. The maximum absolute atomic E-state index is 12.7. The fourth-order valence-electron chi connectivity index (χ4n) is 2.72. The van der Waals surface area contributed by atoms with E-state index in [1.54, 1.807) is 0 Å². The third-order valence-corrected chi connectivity index (χ3v) is 6.21. The molecule has 24 heavy (non-hydrogen) atoms. The maximum Gasteiger partial charge on any atom is 0.243 e. The van der Waals surface area contributed by atoms with E-state index >= 15 is 0 Å². The number of amides is 1. The maximum atomic E-state index is 12.7. The number of methoxy groups -OCH3 is 1. The zero-order valence-corrected chi connectivity index (χ0v) is 15.7. The number of ether oxygens (including phenoxy) is 1. The van der Waals surface area contributed by atoms with Crippen molar-refractivity contribution in [3.63, 3.8) is 0 Å². The highest BCUT2D eigenvalue weighted by molar-refractivity contribution is 7.89. The Balaban J connectivity index is 2.07. The minimum Gasteiger partial charge on any atom is -0.495 e. The average Bonchev–Trinajstić information content (AvgIpc) is 2.54. The molecule has 1 N–H and O–H groups in total. The van der Waals surface area contributed by atoms with Crippen molar-refractivity contribution < 1.29 is 17.9 Å². The number of rotatable bonds is 5. The van der Waals surface area contributed by atoms with Crippen LogP contribution in [0.15, 0.2) is 23.1 Å². The van der Waals surface area contributed by atoms with Crippen molar-refractivity contribution in [3.05, 3.63) is 23.2 Å². The Morgan fingerprint density at radius 2 is 1.96 bits per heavy atom. The molecule has 8 heteroatoms. The van der Waals surface area contributed by atoms with Crippen molar-refractivity contribution >= 4 is 27.5 Å². The molecular weight excluding hydrogens is 352 g/mol. The topological polar surface area (TPSA) is 75.7 Å². The van der Waals surface area contributed by atoms with E-state index in [-0.39, 0.29) is 27.8 Å². The number of carbonyl (C=O) groups is 1. The number of sulfonamides is 1. The number of nitrogens with one attached hydrogen (secondary N) is 1. The molecule has 1 aliphatic heterocycles. The van der Waals surface area contributed by atoms with Crippen molar-refractivity contribution in [1.82, 2.24) is 9.62 Å². The van der Waals surface area contributed by atoms with E-state index in [2.05, 4.69) is 5.32 Å². The van der Waals surface area contributed by atoms with Crippen molar-refractivity contribution in [2.45, 2.75) is 37.6 Å². The summed E-state index contributed by atoms with van der Waals surface area (Å²) in [6.45, 7) is 4.46. The van der Waals surface area contributed by atoms with E-state index in [9.17, 15) is 13.2 Å². The summed E-state index contributed by atoms with van der Waals surface area (Å²) in [6, 6.07) is 4.50. The second-order valence-corrected chi connectivity index (χ2v) is 8.48. The third-order valence-electron chi connectivity index (χ3n) is 4.02. The number of hydrogen-bond donors (Lipinski definition) is 1. The molecule has 1 amide bonds. The Morgan fingerprint density at radius 1 is 1.33 bits per heavy atom. The SMILES string of the molecule is COc1ccc(S(=O)(=O)N2CCC(C(=O)NC(C)C)CC2)cc1Cl. The first kappa shape index (κ1) is 19.0. The summed E-state index contributed by atoms with van der Waals surface area (Å²) in [7, 11) is -2.15. The second kappa shape index (κ2) is 7.72. The lowest BCUT2D eigenvalue weighted by Gasteiger charge is -2.31. The smallest absolute Gasteiger partial charge is 0.243 e. The van der Waals surface area contributed by atoms with E-state index in [0.29, 0.717) is 31.7 Å². The van der Waals surface area contributed by atoms with Crippen LogP contribution in [0.3, 0.4) is 0 Å². The van der Waals surface area contributed by atoms with Gasteiger partial charge in [-0.25, -0.2) is 8.42 Å². The van der Waals surface area contributed by atoms with Crippen molar-refractivity contribution in [1.29, 1.82) is 0 Å². The highest BCUT2D eigenvalue weighted by Gasteiger charge is 2.32. The fraction of sp³-hybridized carbons (Fsp3) is 0.562. The highest BCUT2D eigenvalue weighted by Crippen LogP contribution is 2.30. The Bertz CT molecular complexity index is 698. The largest absolute Gasteiger partial charge is 0.495 e. The molecule has 0 aliphatic carbocycles. The molecule has 1 heterocycles. The molecule has 0 atom stereocenters. The quantitative estimate of drug-likeness (QED) is 0.857. The zero-order chi connectivity index (χ0) is 17.9. The number of nitrogens with zero attached hydrogens (tertiary/aromatic N) is 1. The van der Waals surface area contributed by atoms with E-state index in [1.807, 2.05) is 13.8 Å². The number of piperidine rings is 1. The van der Waals surface area contributed by atoms with Crippen LogP contribution in [0.2, 0.25) is 5.02 Å². The number of hydrogen-bond acceptors (Lipinski definition) is 4. The second-order valence-electron chi connectivity index (χ2n) is 6.14. The van der Waals surface area contributed by atoms with Crippen LogP contribution in [-0.4, -0.2) is 44.9 Å². The van der Waals surface area contributed by atoms with Gasteiger partial charge in [-0.1, -0.05) is 11.6 Å². The first-order valence-corrected chi connectivity index (χ1v) is 9.71. The summed E-state index contributed by atoms with van der Waals surface area (Å²) < 4.78 is 31.9. The first-order chi connectivity index (χ1) is 11.3. The lowest BCUT2D eigenvalue weighted by molar-refractivity contribution is -0.126. The summed E-state index contributed by atoms with van der Waals surface area (Å²) in [4.78, 5) is 12.2. The van der Waals surface area contributed by atoms with Crippen LogP contribution in [0.25, 0.3) is 0 Å². The van der Waals surface area contributed by atoms with Gasteiger partial charge in [0.15, 0.2) is 0 Å². The summed E-state index contributed by atoms with van der Waals surface area (Å²) in [6.07, 6.45) is 1.03. The molecule has 0 unspecified atom stereocenters. The van der Waals surface area contributed by atoms with Crippen molar-refractivity contribution in [2.24, 2.45) is 5.92 Å². The van der Waals surface area contributed by atoms with Gasteiger partial charge >= 0.3 is 0 Å². The lowest BCUT2D eigenvalue weighted by atomic mass is 9.97. The Morgan fingerprint density at radius 3 is 2.46 bits per heavy atom. The number of halogens is 1.